The third-order valence-corrected chi connectivity index (χ3v) is 6.14. The molecule has 7 heteroatoms. The monoisotopic (exact) mass is 444 g/mol. The number of nitrogens with zero attached hydrogens (tertiary/aromatic N) is 1. The molecule has 1 saturated heterocycles. The lowest BCUT2D eigenvalue weighted by Gasteiger charge is -2.44. The number of carboxylic acid groups (broad SMARTS) is 1. The van der Waals surface area contributed by atoms with Crippen molar-refractivity contribution >= 4 is 12.0 Å². The minimum absolute atomic E-state index is 0.0527. The first-order chi connectivity index (χ1) is 15.0. The first kappa shape index (κ1) is 23.7. The van der Waals surface area contributed by atoms with Gasteiger partial charge in [-0.3, -0.25) is 4.79 Å². The summed E-state index contributed by atoms with van der Waals surface area (Å²) in [4.78, 5) is 26.1. The zero-order valence-corrected chi connectivity index (χ0v) is 18.6. The van der Waals surface area contributed by atoms with Gasteiger partial charge >= 0.3 is 6.09 Å². The minimum Gasteiger partial charge on any atom is -0.465 e. The van der Waals surface area contributed by atoms with Gasteiger partial charge in [0.15, 0.2) is 0 Å². The summed E-state index contributed by atoms with van der Waals surface area (Å²) in [6.07, 6.45) is 0.560. The van der Waals surface area contributed by atoms with Crippen LogP contribution in [0.2, 0.25) is 0 Å². The maximum Gasteiger partial charge on any atom is 0.407 e. The number of rotatable bonds is 5. The molecule has 2 aromatic rings. The average Bonchev–Trinajstić information content (AvgIpc) is 2.73. The third kappa shape index (κ3) is 5.84. The van der Waals surface area contributed by atoms with Gasteiger partial charge < -0.3 is 15.3 Å². The van der Waals surface area contributed by atoms with Gasteiger partial charge in [-0.1, -0.05) is 45.0 Å². The Morgan fingerprint density at radius 2 is 1.53 bits per heavy atom. The van der Waals surface area contributed by atoms with Crippen LogP contribution in [0.1, 0.15) is 57.2 Å². The minimum atomic E-state index is -0.930. The molecule has 1 fully saturated rings. The van der Waals surface area contributed by atoms with Crippen molar-refractivity contribution in [3.63, 3.8) is 0 Å². The van der Waals surface area contributed by atoms with Crippen LogP contribution in [0.4, 0.5) is 13.6 Å². The molecule has 0 saturated carbocycles. The zero-order valence-electron chi connectivity index (χ0n) is 18.6. The number of likely N-dealkylation sites (tertiary alicyclic amines) is 1. The van der Waals surface area contributed by atoms with E-state index < -0.39 is 12.1 Å². The lowest BCUT2D eigenvalue weighted by molar-refractivity contribution is -0.123. The van der Waals surface area contributed by atoms with E-state index >= 15 is 0 Å². The highest BCUT2D eigenvalue weighted by Gasteiger charge is 2.39. The summed E-state index contributed by atoms with van der Waals surface area (Å²) in [6.45, 7) is 6.42. The van der Waals surface area contributed by atoms with Crippen molar-refractivity contribution in [3.8, 4) is 0 Å². The summed E-state index contributed by atoms with van der Waals surface area (Å²) in [5, 5.41) is 12.6. The SMILES string of the molecule is CC(C)(C)C1CC(CC(=O)NC(c2ccc(F)cc2)c2ccc(F)cc2)CCN1C(=O)O. The Morgan fingerprint density at radius 1 is 1.03 bits per heavy atom. The van der Waals surface area contributed by atoms with Gasteiger partial charge in [-0.2, -0.15) is 0 Å². The van der Waals surface area contributed by atoms with Crippen LogP contribution in [0.5, 0.6) is 0 Å². The molecular weight excluding hydrogens is 414 g/mol. The Labute approximate surface area is 187 Å². The molecular formula is C25H30F2N2O3. The number of amides is 2. The van der Waals surface area contributed by atoms with E-state index in [1.165, 1.54) is 29.2 Å². The third-order valence-electron chi connectivity index (χ3n) is 6.14. The van der Waals surface area contributed by atoms with E-state index in [-0.39, 0.29) is 41.3 Å². The Balaban J connectivity index is 1.74. The number of carbonyl (C=O) groups excluding carboxylic acids is 1. The van der Waals surface area contributed by atoms with E-state index in [0.29, 0.717) is 30.5 Å². The molecule has 2 aromatic carbocycles. The van der Waals surface area contributed by atoms with E-state index in [1.807, 2.05) is 20.8 Å². The molecule has 1 aliphatic rings. The maximum atomic E-state index is 13.4. The Kier molecular flexibility index (Phi) is 7.16. The molecule has 0 radical (unpaired) electrons. The Hall–Kier alpha value is -2.96. The van der Waals surface area contributed by atoms with Crippen molar-refractivity contribution in [2.45, 2.75) is 52.1 Å². The van der Waals surface area contributed by atoms with Gasteiger partial charge in [0, 0.05) is 19.0 Å². The van der Waals surface area contributed by atoms with Crippen LogP contribution in [0.3, 0.4) is 0 Å². The van der Waals surface area contributed by atoms with Crippen molar-refractivity contribution < 1.29 is 23.5 Å². The van der Waals surface area contributed by atoms with Crippen molar-refractivity contribution in [1.29, 1.82) is 0 Å². The highest BCUT2D eigenvalue weighted by molar-refractivity contribution is 5.77. The zero-order chi connectivity index (χ0) is 23.5. The van der Waals surface area contributed by atoms with Gasteiger partial charge in [-0.15, -0.1) is 0 Å². The molecule has 2 atom stereocenters. The summed E-state index contributed by atoms with van der Waals surface area (Å²) in [5.74, 6) is -0.880. The van der Waals surface area contributed by atoms with Crippen LogP contribution in [-0.4, -0.2) is 34.6 Å². The molecule has 1 heterocycles. The second kappa shape index (κ2) is 9.67. The maximum absolute atomic E-state index is 13.4. The fraction of sp³-hybridized carbons (Fsp3) is 0.440. The first-order valence-corrected chi connectivity index (χ1v) is 10.8. The molecule has 1 aliphatic heterocycles. The van der Waals surface area contributed by atoms with Gasteiger partial charge in [-0.05, 0) is 59.6 Å². The fourth-order valence-electron chi connectivity index (χ4n) is 4.43. The molecule has 32 heavy (non-hydrogen) atoms. The van der Waals surface area contributed by atoms with Crippen LogP contribution in [0.25, 0.3) is 0 Å². The van der Waals surface area contributed by atoms with Crippen LogP contribution < -0.4 is 5.32 Å². The molecule has 172 valence electrons. The number of hydrogen-bond acceptors (Lipinski definition) is 2. The van der Waals surface area contributed by atoms with Crippen molar-refractivity contribution in [3.05, 3.63) is 71.3 Å². The summed E-state index contributed by atoms with van der Waals surface area (Å²) >= 11 is 0. The van der Waals surface area contributed by atoms with E-state index in [9.17, 15) is 23.5 Å². The number of carbonyl (C=O) groups is 2. The predicted molar refractivity (Wildman–Crippen MR) is 118 cm³/mol. The van der Waals surface area contributed by atoms with Gasteiger partial charge in [-0.25, -0.2) is 13.6 Å². The molecule has 2 unspecified atom stereocenters. The molecule has 0 spiro atoms. The van der Waals surface area contributed by atoms with Gasteiger partial charge in [0.2, 0.25) is 5.91 Å². The molecule has 3 rings (SSSR count). The Morgan fingerprint density at radius 3 is 1.97 bits per heavy atom. The summed E-state index contributed by atoms with van der Waals surface area (Å²) < 4.78 is 26.8. The molecule has 0 aliphatic carbocycles. The number of hydrogen-bond donors (Lipinski definition) is 2. The van der Waals surface area contributed by atoms with E-state index in [0.717, 1.165) is 0 Å². The van der Waals surface area contributed by atoms with E-state index in [4.69, 9.17) is 0 Å². The largest absolute Gasteiger partial charge is 0.465 e. The highest BCUT2D eigenvalue weighted by atomic mass is 19.1. The molecule has 0 bridgehead atoms. The number of halogens is 2. The predicted octanol–water partition coefficient (Wildman–Crippen LogP) is 5.37. The normalized spacial score (nSPS) is 19.1. The summed E-state index contributed by atoms with van der Waals surface area (Å²) in [5.41, 5.74) is 1.15. The molecule has 2 N–H and O–H groups in total. The fourth-order valence-corrected chi connectivity index (χ4v) is 4.43. The van der Waals surface area contributed by atoms with Crippen molar-refractivity contribution in [2.75, 3.05) is 6.54 Å². The first-order valence-electron chi connectivity index (χ1n) is 10.8. The second-order valence-electron chi connectivity index (χ2n) is 9.56. The average molecular weight is 445 g/mol. The molecule has 2 amide bonds. The second-order valence-corrected chi connectivity index (χ2v) is 9.56. The number of piperidine rings is 1. The summed E-state index contributed by atoms with van der Waals surface area (Å²) in [7, 11) is 0. The molecule has 0 aromatic heterocycles. The van der Waals surface area contributed by atoms with Crippen LogP contribution in [-0.2, 0) is 4.79 Å². The van der Waals surface area contributed by atoms with Gasteiger partial charge in [0.05, 0.1) is 6.04 Å². The smallest absolute Gasteiger partial charge is 0.407 e. The highest BCUT2D eigenvalue weighted by Crippen LogP contribution is 2.36. The number of nitrogens with one attached hydrogen (secondary N) is 1. The lowest BCUT2D eigenvalue weighted by Crippen LogP contribution is -2.52. The van der Waals surface area contributed by atoms with E-state index in [1.54, 1.807) is 24.3 Å². The lowest BCUT2D eigenvalue weighted by atomic mass is 9.76. The van der Waals surface area contributed by atoms with Crippen molar-refractivity contribution in [1.82, 2.24) is 10.2 Å². The number of benzene rings is 2. The van der Waals surface area contributed by atoms with Gasteiger partial charge in [0.25, 0.3) is 0 Å². The summed E-state index contributed by atoms with van der Waals surface area (Å²) in [6, 6.07) is 11.0. The Bertz CT molecular complexity index is 894. The van der Waals surface area contributed by atoms with Crippen LogP contribution in [0.15, 0.2) is 48.5 Å². The van der Waals surface area contributed by atoms with Gasteiger partial charge in [0.1, 0.15) is 11.6 Å². The quantitative estimate of drug-likeness (QED) is 0.652. The van der Waals surface area contributed by atoms with Crippen molar-refractivity contribution in [2.24, 2.45) is 11.3 Å². The topological polar surface area (TPSA) is 69.6 Å². The van der Waals surface area contributed by atoms with Crippen LogP contribution in [0, 0.1) is 23.0 Å². The van der Waals surface area contributed by atoms with E-state index in [2.05, 4.69) is 5.32 Å². The standard InChI is InChI=1S/C25H30F2N2O3/c1-25(2,3)21-14-16(12-13-29(21)24(31)32)15-22(30)28-23(17-4-8-19(26)9-5-17)18-6-10-20(27)11-7-18/h4-11,16,21,23H,12-15H2,1-3H3,(H,28,30)(H,31,32). The molecule has 5 nitrogen and oxygen atoms in total. The van der Waals surface area contributed by atoms with Crippen LogP contribution >= 0.6 is 0 Å².